The van der Waals surface area contributed by atoms with Crippen molar-refractivity contribution in [3.05, 3.63) is 11.1 Å². The lowest BCUT2D eigenvalue weighted by Crippen LogP contribution is -2.64. The number of halogens is 1. The fourth-order valence-electron chi connectivity index (χ4n) is 3.54. The summed E-state index contributed by atoms with van der Waals surface area (Å²) >= 11 is 6.28. The second-order valence-corrected chi connectivity index (χ2v) is 5.22. The van der Waals surface area contributed by atoms with E-state index in [1.165, 1.54) is 14.2 Å². The summed E-state index contributed by atoms with van der Waals surface area (Å²) in [6.07, 6.45) is 2.66. The molecule has 5 heteroatoms. The Morgan fingerprint density at radius 1 is 1.47 bits per heavy atom. The Balaban J connectivity index is 2.12. The Labute approximate surface area is 105 Å². The number of fused-ring (bicyclic) bond motifs is 1. The van der Waals surface area contributed by atoms with E-state index in [4.69, 9.17) is 25.8 Å². The molecule has 2 fully saturated rings. The van der Waals surface area contributed by atoms with Gasteiger partial charge in [-0.15, -0.1) is 0 Å². The minimum atomic E-state index is -1.22. The third kappa shape index (κ3) is 1.27. The summed E-state index contributed by atoms with van der Waals surface area (Å²) in [5, 5.41) is 0.671. The molecule has 0 aromatic rings. The maximum atomic E-state index is 12.4. The molecule has 0 N–H and O–H groups in total. The molecule has 0 radical (unpaired) electrons. The zero-order valence-corrected chi connectivity index (χ0v) is 10.6. The summed E-state index contributed by atoms with van der Waals surface area (Å²) < 4.78 is 16.5. The van der Waals surface area contributed by atoms with Gasteiger partial charge in [-0.25, -0.2) is 0 Å². The zero-order valence-electron chi connectivity index (χ0n) is 9.81. The van der Waals surface area contributed by atoms with E-state index in [1.54, 1.807) is 6.08 Å². The molecule has 4 rings (SSSR count). The number of hydrogen-bond donors (Lipinski definition) is 0. The Kier molecular flexibility index (Phi) is 2.60. The molecular formula is C12H15ClO4. The molecule has 2 bridgehead atoms. The van der Waals surface area contributed by atoms with Crippen molar-refractivity contribution in [1.29, 1.82) is 0 Å². The van der Waals surface area contributed by atoms with E-state index >= 15 is 0 Å². The van der Waals surface area contributed by atoms with Crippen LogP contribution in [-0.4, -0.2) is 38.5 Å². The van der Waals surface area contributed by atoms with Crippen LogP contribution in [0.3, 0.4) is 0 Å². The van der Waals surface area contributed by atoms with Gasteiger partial charge >= 0.3 is 0 Å². The Morgan fingerprint density at radius 3 is 2.82 bits per heavy atom. The number of rotatable bonds is 2. The van der Waals surface area contributed by atoms with E-state index in [2.05, 4.69) is 0 Å². The largest absolute Gasteiger partial charge is 0.377 e. The van der Waals surface area contributed by atoms with Gasteiger partial charge in [-0.2, -0.15) is 0 Å². The number of hydrogen-bond acceptors (Lipinski definition) is 4. The lowest BCUT2D eigenvalue weighted by Gasteiger charge is -2.51. The van der Waals surface area contributed by atoms with Crippen LogP contribution in [0.5, 0.6) is 0 Å². The van der Waals surface area contributed by atoms with Crippen LogP contribution >= 0.6 is 11.6 Å². The van der Waals surface area contributed by atoms with Crippen molar-refractivity contribution in [2.24, 2.45) is 17.8 Å². The number of Topliss-reactive ketones (excluding diaryl/α,β-unsaturated/α-hetero) is 1. The molecule has 0 unspecified atom stereocenters. The van der Waals surface area contributed by atoms with Crippen LogP contribution in [-0.2, 0) is 19.0 Å². The monoisotopic (exact) mass is 258 g/mol. The van der Waals surface area contributed by atoms with Crippen molar-refractivity contribution in [3.8, 4) is 0 Å². The summed E-state index contributed by atoms with van der Waals surface area (Å²) in [6, 6.07) is 0. The van der Waals surface area contributed by atoms with E-state index < -0.39 is 5.79 Å². The first-order chi connectivity index (χ1) is 8.15. The predicted molar refractivity (Wildman–Crippen MR) is 60.5 cm³/mol. The van der Waals surface area contributed by atoms with Crippen LogP contribution in [0.4, 0.5) is 0 Å². The lowest BCUT2D eigenvalue weighted by molar-refractivity contribution is -0.251. The van der Waals surface area contributed by atoms with Gasteiger partial charge in [0.25, 0.3) is 0 Å². The van der Waals surface area contributed by atoms with Crippen molar-refractivity contribution < 1.29 is 19.0 Å². The van der Waals surface area contributed by atoms with Crippen molar-refractivity contribution in [2.45, 2.75) is 18.3 Å². The highest BCUT2D eigenvalue weighted by molar-refractivity contribution is 6.31. The van der Waals surface area contributed by atoms with Crippen molar-refractivity contribution in [3.63, 3.8) is 0 Å². The van der Waals surface area contributed by atoms with Crippen molar-refractivity contribution in [2.75, 3.05) is 20.8 Å². The normalized spacial score (nSPS) is 42.5. The minimum absolute atomic E-state index is 0.0478. The van der Waals surface area contributed by atoms with Crippen LogP contribution in [0.1, 0.15) is 6.42 Å². The van der Waals surface area contributed by atoms with E-state index in [-0.39, 0.29) is 29.6 Å². The summed E-state index contributed by atoms with van der Waals surface area (Å²) in [4.78, 5) is 12.4. The molecule has 4 nitrogen and oxygen atoms in total. The minimum Gasteiger partial charge on any atom is -0.377 e. The summed E-state index contributed by atoms with van der Waals surface area (Å²) in [5.41, 5.74) is 0. The first-order valence-corrected chi connectivity index (χ1v) is 6.17. The van der Waals surface area contributed by atoms with Crippen molar-refractivity contribution >= 4 is 17.4 Å². The summed E-state index contributed by atoms with van der Waals surface area (Å²) in [5.74, 6) is -1.63. The number of carbonyl (C=O) groups is 1. The smallest absolute Gasteiger partial charge is 0.237 e. The molecule has 1 saturated heterocycles. The van der Waals surface area contributed by atoms with Gasteiger partial charge in [-0.05, 0) is 6.42 Å². The third-order valence-electron chi connectivity index (χ3n) is 4.26. The van der Waals surface area contributed by atoms with E-state index in [0.717, 1.165) is 6.42 Å². The topological polar surface area (TPSA) is 44.8 Å². The van der Waals surface area contributed by atoms with E-state index in [0.29, 0.717) is 11.6 Å². The number of methoxy groups -OCH3 is 2. The molecule has 1 heterocycles. The first kappa shape index (κ1) is 11.7. The average molecular weight is 259 g/mol. The molecule has 4 aliphatic rings. The summed E-state index contributed by atoms with van der Waals surface area (Å²) in [6.45, 7) is 0.678. The van der Waals surface area contributed by atoms with Gasteiger partial charge in [0, 0.05) is 31.8 Å². The highest BCUT2D eigenvalue weighted by atomic mass is 35.5. The highest BCUT2D eigenvalue weighted by Crippen LogP contribution is 2.54. The average Bonchev–Trinajstić information content (AvgIpc) is 2.81. The molecule has 0 aromatic carbocycles. The van der Waals surface area contributed by atoms with Crippen LogP contribution in [0.2, 0.25) is 0 Å². The Morgan fingerprint density at radius 2 is 2.18 bits per heavy atom. The third-order valence-corrected chi connectivity index (χ3v) is 4.62. The van der Waals surface area contributed by atoms with Crippen LogP contribution in [0.15, 0.2) is 11.1 Å². The zero-order chi connectivity index (χ0) is 12.2. The van der Waals surface area contributed by atoms with E-state index in [1.807, 2.05) is 0 Å². The number of ketones is 1. The first-order valence-electron chi connectivity index (χ1n) is 5.79. The summed E-state index contributed by atoms with van der Waals surface area (Å²) in [7, 11) is 2.99. The molecule has 1 saturated carbocycles. The molecule has 4 atom stereocenters. The van der Waals surface area contributed by atoms with E-state index in [9.17, 15) is 4.79 Å². The predicted octanol–water partition coefficient (Wildman–Crippen LogP) is 1.33. The Bertz CT molecular complexity index is 388. The lowest BCUT2D eigenvalue weighted by atomic mass is 9.62. The SMILES string of the molecule is COC1(OC)C(=O)[C@H]2C=C(Cl)[C@@H]1[C@@H]1CCO[C@@H]12. The number of ether oxygens (including phenoxy) is 3. The fraction of sp³-hybridized carbons (Fsp3) is 0.750. The number of carbonyl (C=O) groups excluding carboxylic acids is 1. The van der Waals surface area contributed by atoms with Crippen LogP contribution in [0, 0.1) is 17.8 Å². The second-order valence-electron chi connectivity index (χ2n) is 4.78. The second kappa shape index (κ2) is 3.79. The molecule has 0 aromatic heterocycles. The van der Waals surface area contributed by atoms with Gasteiger partial charge in [-0.3, -0.25) is 4.79 Å². The standard InChI is InChI=1S/C12H15ClO4/c1-15-12(16-2)9-6-3-4-17-10(6)7(11(12)14)5-8(9)13/h5-7,9-10H,3-4H2,1-2H3/t6-,7-,9-,10-/m0/s1. The molecule has 0 spiro atoms. The highest BCUT2D eigenvalue weighted by Gasteiger charge is 2.65. The van der Waals surface area contributed by atoms with Gasteiger partial charge in [0.05, 0.1) is 17.9 Å². The van der Waals surface area contributed by atoms with Gasteiger partial charge in [-0.1, -0.05) is 17.7 Å². The molecule has 1 aliphatic heterocycles. The molecular weight excluding hydrogens is 244 g/mol. The maximum Gasteiger partial charge on any atom is 0.237 e. The maximum absolute atomic E-state index is 12.4. The fourth-order valence-corrected chi connectivity index (χ4v) is 3.98. The van der Waals surface area contributed by atoms with Crippen molar-refractivity contribution in [1.82, 2.24) is 0 Å². The molecule has 94 valence electrons. The van der Waals surface area contributed by atoms with Crippen LogP contribution in [0.25, 0.3) is 0 Å². The molecule has 0 amide bonds. The molecule has 3 aliphatic carbocycles. The van der Waals surface area contributed by atoms with Crippen LogP contribution < -0.4 is 0 Å². The van der Waals surface area contributed by atoms with Gasteiger partial charge in [0.15, 0.2) is 0 Å². The quantitative estimate of drug-likeness (QED) is 0.701. The van der Waals surface area contributed by atoms with Gasteiger partial charge in [0.1, 0.15) is 0 Å². The Hall–Kier alpha value is -0.420. The van der Waals surface area contributed by atoms with Gasteiger partial charge in [0.2, 0.25) is 11.6 Å². The van der Waals surface area contributed by atoms with Gasteiger partial charge < -0.3 is 14.2 Å². The molecule has 17 heavy (non-hydrogen) atoms.